The van der Waals surface area contributed by atoms with Gasteiger partial charge in [0.15, 0.2) is 0 Å². The molecule has 0 saturated heterocycles. The van der Waals surface area contributed by atoms with Crippen LogP contribution in [0.25, 0.3) is 10.2 Å². The van der Waals surface area contributed by atoms with E-state index in [4.69, 9.17) is 4.74 Å². The Bertz CT molecular complexity index is 1510. The van der Waals surface area contributed by atoms with Crippen molar-refractivity contribution in [3.05, 3.63) is 86.6 Å². The molecule has 4 aromatic rings. The van der Waals surface area contributed by atoms with Crippen LogP contribution < -0.4 is 26.6 Å². The van der Waals surface area contributed by atoms with Crippen LogP contribution >= 0.6 is 11.3 Å². The molecule has 180 valence electrons. The molecular weight excluding hydrogens is 475 g/mol. The van der Waals surface area contributed by atoms with Gasteiger partial charge in [-0.1, -0.05) is 6.07 Å². The number of halogens is 1. The summed E-state index contributed by atoms with van der Waals surface area (Å²) in [5.41, 5.74) is 0.00643. The zero-order chi connectivity index (χ0) is 24.9. The maximum absolute atomic E-state index is 13.2. The molecule has 0 fully saturated rings. The van der Waals surface area contributed by atoms with E-state index >= 15 is 0 Å². The summed E-state index contributed by atoms with van der Waals surface area (Å²) in [4.78, 5) is 51.1. The first-order valence-electron chi connectivity index (χ1n) is 10.6. The Kier molecular flexibility index (Phi) is 7.06. The molecule has 0 unspecified atom stereocenters. The number of nitrogens with zero attached hydrogens (tertiary/aromatic N) is 2. The van der Waals surface area contributed by atoms with Crippen LogP contribution in [0.15, 0.2) is 69.6 Å². The van der Waals surface area contributed by atoms with Crippen LogP contribution in [0.3, 0.4) is 0 Å². The third kappa shape index (κ3) is 5.46. The first-order valence-corrected chi connectivity index (χ1v) is 11.4. The Labute approximate surface area is 202 Å². The van der Waals surface area contributed by atoms with Crippen LogP contribution in [0.2, 0.25) is 0 Å². The van der Waals surface area contributed by atoms with Crippen molar-refractivity contribution in [1.29, 1.82) is 0 Å². The van der Waals surface area contributed by atoms with E-state index in [1.165, 1.54) is 35.9 Å². The van der Waals surface area contributed by atoms with Gasteiger partial charge in [0.1, 0.15) is 22.8 Å². The predicted molar refractivity (Wildman–Crippen MR) is 132 cm³/mol. The summed E-state index contributed by atoms with van der Waals surface area (Å²) in [5.74, 6) is -0.786. The van der Waals surface area contributed by atoms with Crippen LogP contribution in [-0.4, -0.2) is 28.1 Å². The molecule has 0 aliphatic heterocycles. The normalized spacial score (nSPS) is 10.8. The highest BCUT2D eigenvalue weighted by atomic mass is 32.1. The number of ether oxygens (including phenoxy) is 1. The largest absolute Gasteiger partial charge is 0.497 e. The third-order valence-corrected chi connectivity index (χ3v) is 6.07. The van der Waals surface area contributed by atoms with E-state index in [0.717, 1.165) is 15.9 Å². The number of nitrogens with one attached hydrogen (secondary N) is 2. The molecule has 0 aliphatic carbocycles. The number of amides is 2. The molecule has 4 rings (SSSR count). The number of fused-ring (bicyclic) bond motifs is 1. The molecule has 0 aliphatic rings. The SMILES string of the molecule is COc1cccc(NC(=O)Cn2c(=O)n(CCC(=O)Nc3ccc(F)cc3)c(=O)c3sccc32)c1. The first-order chi connectivity index (χ1) is 16.9. The highest BCUT2D eigenvalue weighted by Crippen LogP contribution is 2.18. The summed E-state index contributed by atoms with van der Waals surface area (Å²) < 4.78 is 20.7. The number of rotatable bonds is 8. The van der Waals surface area contributed by atoms with Crippen molar-refractivity contribution in [2.75, 3.05) is 17.7 Å². The van der Waals surface area contributed by atoms with Gasteiger partial charge < -0.3 is 15.4 Å². The van der Waals surface area contributed by atoms with Crippen molar-refractivity contribution >= 4 is 44.7 Å². The molecule has 9 nitrogen and oxygen atoms in total. The number of thiophene rings is 1. The Morgan fingerprint density at radius 3 is 2.46 bits per heavy atom. The molecular formula is C24H21FN4O5S. The van der Waals surface area contributed by atoms with Crippen molar-refractivity contribution in [3.63, 3.8) is 0 Å². The fourth-order valence-electron chi connectivity index (χ4n) is 3.50. The second-order valence-electron chi connectivity index (χ2n) is 7.55. The third-order valence-electron chi connectivity index (χ3n) is 5.18. The molecule has 2 aromatic heterocycles. The van der Waals surface area contributed by atoms with E-state index in [1.807, 2.05) is 0 Å². The zero-order valence-electron chi connectivity index (χ0n) is 18.6. The number of carbonyl (C=O) groups excluding carboxylic acids is 2. The lowest BCUT2D eigenvalue weighted by atomic mass is 10.3. The Hall–Kier alpha value is -4.25. The second-order valence-corrected chi connectivity index (χ2v) is 8.46. The van der Waals surface area contributed by atoms with Crippen LogP contribution in [-0.2, 0) is 22.7 Å². The van der Waals surface area contributed by atoms with Gasteiger partial charge in [-0.25, -0.2) is 9.18 Å². The Morgan fingerprint density at radius 2 is 1.71 bits per heavy atom. The number of aromatic nitrogens is 2. The topological polar surface area (TPSA) is 111 Å². The van der Waals surface area contributed by atoms with Crippen LogP contribution in [0.5, 0.6) is 5.75 Å². The average molecular weight is 497 g/mol. The average Bonchev–Trinajstić information content (AvgIpc) is 3.33. The summed E-state index contributed by atoms with van der Waals surface area (Å²) in [6.07, 6.45) is -0.167. The molecule has 0 bridgehead atoms. The molecule has 2 amide bonds. The number of carbonyl (C=O) groups is 2. The van der Waals surface area contributed by atoms with Crippen molar-refractivity contribution in [2.45, 2.75) is 19.5 Å². The number of hydrogen-bond donors (Lipinski definition) is 2. The molecule has 0 saturated carbocycles. The molecule has 0 spiro atoms. The van der Waals surface area contributed by atoms with E-state index in [9.17, 15) is 23.6 Å². The highest BCUT2D eigenvalue weighted by molar-refractivity contribution is 7.17. The predicted octanol–water partition coefficient (Wildman–Crippen LogP) is 3.04. The minimum absolute atomic E-state index is 0.167. The zero-order valence-corrected chi connectivity index (χ0v) is 19.4. The van der Waals surface area contributed by atoms with E-state index < -0.39 is 28.9 Å². The van der Waals surface area contributed by atoms with Crippen LogP contribution in [0.1, 0.15) is 6.42 Å². The molecule has 11 heteroatoms. The second kappa shape index (κ2) is 10.3. The van der Waals surface area contributed by atoms with Gasteiger partial charge in [-0.05, 0) is 47.8 Å². The van der Waals surface area contributed by atoms with E-state index in [0.29, 0.717) is 27.3 Å². The maximum atomic E-state index is 13.2. The lowest BCUT2D eigenvalue weighted by molar-refractivity contribution is -0.117. The van der Waals surface area contributed by atoms with Gasteiger partial charge in [-0.15, -0.1) is 11.3 Å². The Balaban J connectivity index is 1.54. The molecule has 0 atom stereocenters. The van der Waals surface area contributed by atoms with E-state index in [2.05, 4.69) is 10.6 Å². The van der Waals surface area contributed by atoms with Crippen LogP contribution in [0.4, 0.5) is 15.8 Å². The van der Waals surface area contributed by atoms with Gasteiger partial charge in [-0.3, -0.25) is 23.5 Å². The number of methoxy groups -OCH3 is 1. The van der Waals surface area contributed by atoms with Gasteiger partial charge in [-0.2, -0.15) is 0 Å². The van der Waals surface area contributed by atoms with Crippen molar-refractivity contribution in [1.82, 2.24) is 9.13 Å². The van der Waals surface area contributed by atoms with Gasteiger partial charge in [0.05, 0.1) is 12.6 Å². The lowest BCUT2D eigenvalue weighted by Gasteiger charge is -2.13. The number of hydrogen-bond acceptors (Lipinski definition) is 6. The fourth-order valence-corrected chi connectivity index (χ4v) is 4.34. The fraction of sp³-hybridized carbons (Fsp3) is 0.167. The van der Waals surface area contributed by atoms with Crippen molar-refractivity contribution in [3.8, 4) is 5.75 Å². The molecule has 2 heterocycles. The highest BCUT2D eigenvalue weighted by Gasteiger charge is 2.17. The van der Waals surface area contributed by atoms with Gasteiger partial charge in [0.25, 0.3) is 5.56 Å². The Morgan fingerprint density at radius 1 is 0.971 bits per heavy atom. The van der Waals surface area contributed by atoms with Crippen LogP contribution in [0, 0.1) is 5.82 Å². The van der Waals surface area contributed by atoms with E-state index in [-0.39, 0.29) is 19.5 Å². The molecule has 35 heavy (non-hydrogen) atoms. The standard InChI is InChI=1S/C24H21FN4O5S/c1-34-18-4-2-3-17(13-18)27-21(31)14-29-19-10-12-35-22(19)23(32)28(24(29)33)11-9-20(30)26-16-7-5-15(25)6-8-16/h2-8,10,12-13H,9,11,14H2,1H3,(H,26,30)(H,27,31). The summed E-state index contributed by atoms with van der Waals surface area (Å²) >= 11 is 1.15. The van der Waals surface area contributed by atoms with Gasteiger partial charge in [0.2, 0.25) is 11.8 Å². The summed E-state index contributed by atoms with van der Waals surface area (Å²) in [5, 5.41) is 6.96. The summed E-state index contributed by atoms with van der Waals surface area (Å²) in [6, 6.07) is 13.6. The van der Waals surface area contributed by atoms with Gasteiger partial charge >= 0.3 is 5.69 Å². The number of anilines is 2. The molecule has 2 aromatic carbocycles. The van der Waals surface area contributed by atoms with Crippen molar-refractivity contribution < 1.29 is 18.7 Å². The molecule has 2 N–H and O–H groups in total. The van der Waals surface area contributed by atoms with Gasteiger partial charge in [0, 0.05) is 30.4 Å². The smallest absolute Gasteiger partial charge is 0.332 e. The maximum Gasteiger partial charge on any atom is 0.332 e. The number of benzene rings is 2. The lowest BCUT2D eigenvalue weighted by Crippen LogP contribution is -2.41. The summed E-state index contributed by atoms with van der Waals surface area (Å²) in [6.45, 7) is -0.513. The minimum Gasteiger partial charge on any atom is -0.497 e. The quantitative estimate of drug-likeness (QED) is 0.390. The summed E-state index contributed by atoms with van der Waals surface area (Å²) in [7, 11) is 1.51. The monoisotopic (exact) mass is 496 g/mol. The first kappa shape index (κ1) is 23.9. The molecule has 0 radical (unpaired) electrons. The minimum atomic E-state index is -0.698. The van der Waals surface area contributed by atoms with E-state index in [1.54, 1.807) is 35.7 Å². The van der Waals surface area contributed by atoms with Crippen molar-refractivity contribution in [2.24, 2.45) is 0 Å².